The molecule has 0 aromatic carbocycles. The van der Waals surface area contributed by atoms with Crippen LogP contribution in [-0.2, 0) is 5.41 Å². The van der Waals surface area contributed by atoms with E-state index in [0.717, 1.165) is 38.8 Å². The van der Waals surface area contributed by atoms with E-state index in [1.807, 2.05) is 17.5 Å². The van der Waals surface area contributed by atoms with Crippen molar-refractivity contribution < 1.29 is 9.18 Å². The van der Waals surface area contributed by atoms with Crippen LogP contribution in [0.5, 0.6) is 0 Å². The zero-order valence-corrected chi connectivity index (χ0v) is 18.3. The Morgan fingerprint density at radius 3 is 2.84 bits per heavy atom. The van der Waals surface area contributed by atoms with Gasteiger partial charge < -0.3 is 16.0 Å². The Morgan fingerprint density at radius 2 is 2.16 bits per heavy atom. The third kappa shape index (κ3) is 4.20. The topological polar surface area (TPSA) is 105 Å². The van der Waals surface area contributed by atoms with Gasteiger partial charge in [-0.1, -0.05) is 6.42 Å². The monoisotopic (exact) mass is 453 g/mol. The molecule has 1 aliphatic heterocycles. The van der Waals surface area contributed by atoms with E-state index in [1.165, 1.54) is 17.4 Å². The number of halogens is 1. The molecule has 166 valence electrons. The molecule has 1 aliphatic carbocycles. The molecule has 10 heteroatoms. The zero-order chi connectivity index (χ0) is 22.0. The Morgan fingerprint density at radius 1 is 1.25 bits per heavy atom. The Bertz CT molecular complexity index is 1090. The van der Waals surface area contributed by atoms with Crippen molar-refractivity contribution in [3.05, 3.63) is 52.4 Å². The first-order valence-corrected chi connectivity index (χ1v) is 11.7. The van der Waals surface area contributed by atoms with E-state index in [-0.39, 0.29) is 23.2 Å². The molecule has 2 aliphatic rings. The summed E-state index contributed by atoms with van der Waals surface area (Å²) < 4.78 is 14.3. The summed E-state index contributed by atoms with van der Waals surface area (Å²) in [5.41, 5.74) is 1.43. The normalized spacial score (nSPS) is 19.3. The molecule has 1 amide bonds. The first kappa shape index (κ1) is 20.9. The van der Waals surface area contributed by atoms with Crippen LogP contribution < -0.4 is 16.0 Å². The second kappa shape index (κ2) is 8.87. The number of nitrogens with zero attached hydrogens (tertiary/aromatic N) is 4. The number of carbonyl (C=O) groups is 1. The summed E-state index contributed by atoms with van der Waals surface area (Å²) in [6.07, 6.45) is 5.40. The van der Waals surface area contributed by atoms with Gasteiger partial charge in [0.15, 0.2) is 5.01 Å². The minimum atomic E-state index is -0.308. The van der Waals surface area contributed by atoms with Crippen molar-refractivity contribution in [1.82, 2.24) is 30.8 Å². The van der Waals surface area contributed by atoms with Crippen LogP contribution in [0.1, 0.15) is 41.2 Å². The largest absolute Gasteiger partial charge is 0.368 e. The quantitative estimate of drug-likeness (QED) is 0.505. The van der Waals surface area contributed by atoms with E-state index in [0.29, 0.717) is 34.5 Å². The number of hydrogen-bond donors (Lipinski definition) is 3. The Labute approximate surface area is 189 Å². The number of nitrogens with one attached hydrogen (secondary N) is 3. The number of carbonyl (C=O) groups excluding carboxylic acids is 1. The molecule has 3 N–H and O–H groups in total. The van der Waals surface area contributed by atoms with Gasteiger partial charge in [-0.25, -0.2) is 9.37 Å². The summed E-state index contributed by atoms with van der Waals surface area (Å²) in [6.45, 7) is 2.26. The third-order valence-corrected chi connectivity index (χ3v) is 7.04. The number of hydrogen-bond acceptors (Lipinski definition) is 8. The lowest BCUT2D eigenvalue weighted by atomic mass is 9.66. The fourth-order valence-electron chi connectivity index (χ4n) is 4.22. The van der Waals surface area contributed by atoms with Crippen LogP contribution >= 0.6 is 11.3 Å². The van der Waals surface area contributed by atoms with Crippen LogP contribution in [0.15, 0.2) is 35.8 Å². The number of anilines is 1. The average Bonchev–Trinajstić information content (AvgIpc) is 3.47. The van der Waals surface area contributed by atoms with Crippen molar-refractivity contribution in [3.63, 3.8) is 0 Å². The van der Waals surface area contributed by atoms with Gasteiger partial charge in [0.05, 0.1) is 5.69 Å². The van der Waals surface area contributed by atoms with Crippen molar-refractivity contribution in [3.8, 4) is 11.4 Å². The molecule has 1 atom stereocenters. The maximum absolute atomic E-state index is 14.3. The number of thiazole rings is 1. The van der Waals surface area contributed by atoms with Gasteiger partial charge in [-0.2, -0.15) is 0 Å². The van der Waals surface area contributed by atoms with Gasteiger partial charge in [-0.05, 0) is 50.1 Å². The van der Waals surface area contributed by atoms with Crippen LogP contribution in [0.3, 0.4) is 0 Å². The van der Waals surface area contributed by atoms with E-state index in [1.54, 1.807) is 12.3 Å². The summed E-state index contributed by atoms with van der Waals surface area (Å²) in [4.78, 5) is 21.1. The Hall–Kier alpha value is -2.98. The first-order valence-electron chi connectivity index (χ1n) is 10.8. The smallest absolute Gasteiger partial charge is 0.280 e. The van der Waals surface area contributed by atoms with Crippen molar-refractivity contribution >= 4 is 23.1 Å². The van der Waals surface area contributed by atoms with Gasteiger partial charge in [0, 0.05) is 36.1 Å². The molecule has 0 radical (unpaired) electrons. The summed E-state index contributed by atoms with van der Waals surface area (Å²) in [5.74, 6) is 0.190. The van der Waals surface area contributed by atoms with E-state index in [4.69, 9.17) is 0 Å². The molecular weight excluding hydrogens is 429 g/mol. The molecular formula is C22H24FN7OS. The van der Waals surface area contributed by atoms with Crippen LogP contribution in [0.4, 0.5) is 10.2 Å². The van der Waals surface area contributed by atoms with Gasteiger partial charge >= 0.3 is 0 Å². The molecule has 1 saturated heterocycles. The Balaban J connectivity index is 1.22. The summed E-state index contributed by atoms with van der Waals surface area (Å²) >= 11 is 1.29. The lowest BCUT2D eigenvalue weighted by Gasteiger charge is -2.41. The predicted molar refractivity (Wildman–Crippen MR) is 120 cm³/mol. The second-order valence-electron chi connectivity index (χ2n) is 8.33. The van der Waals surface area contributed by atoms with E-state index >= 15 is 0 Å². The molecule has 4 heterocycles. The summed E-state index contributed by atoms with van der Waals surface area (Å²) in [5, 5.41) is 20.2. The van der Waals surface area contributed by atoms with Gasteiger partial charge in [-0.15, -0.1) is 21.5 Å². The molecule has 0 bridgehead atoms. The highest BCUT2D eigenvalue weighted by Crippen LogP contribution is 2.43. The highest BCUT2D eigenvalue weighted by atomic mass is 32.1. The fraction of sp³-hybridized carbons (Fsp3) is 0.409. The highest BCUT2D eigenvalue weighted by Gasteiger charge is 2.41. The molecule has 32 heavy (non-hydrogen) atoms. The Kier molecular flexibility index (Phi) is 5.79. The maximum atomic E-state index is 14.3. The van der Waals surface area contributed by atoms with E-state index < -0.39 is 0 Å². The van der Waals surface area contributed by atoms with Gasteiger partial charge in [0.2, 0.25) is 0 Å². The summed E-state index contributed by atoms with van der Waals surface area (Å²) in [7, 11) is 0. The lowest BCUT2D eigenvalue weighted by Crippen LogP contribution is -2.42. The molecule has 3 aromatic heterocycles. The minimum Gasteiger partial charge on any atom is -0.368 e. The van der Waals surface area contributed by atoms with Crippen molar-refractivity contribution in [2.45, 2.75) is 37.1 Å². The molecule has 0 spiro atoms. The molecule has 5 rings (SSSR count). The molecule has 0 unspecified atom stereocenters. The molecule has 2 fully saturated rings. The van der Waals surface area contributed by atoms with Crippen LogP contribution in [0.25, 0.3) is 11.4 Å². The van der Waals surface area contributed by atoms with Crippen molar-refractivity contribution in [2.75, 3.05) is 25.0 Å². The van der Waals surface area contributed by atoms with Gasteiger partial charge in [-0.3, -0.25) is 9.78 Å². The van der Waals surface area contributed by atoms with Gasteiger partial charge in [0.25, 0.3) is 5.91 Å². The maximum Gasteiger partial charge on any atom is 0.280 e. The third-order valence-electron chi connectivity index (χ3n) is 6.20. The van der Waals surface area contributed by atoms with E-state index in [2.05, 4.69) is 36.1 Å². The lowest BCUT2D eigenvalue weighted by molar-refractivity contribution is 0.0939. The minimum absolute atomic E-state index is 0.151. The average molecular weight is 454 g/mol. The van der Waals surface area contributed by atoms with Gasteiger partial charge in [0.1, 0.15) is 23.0 Å². The summed E-state index contributed by atoms with van der Waals surface area (Å²) in [6, 6.07) is 6.87. The highest BCUT2D eigenvalue weighted by molar-refractivity contribution is 7.12. The fourth-order valence-corrected chi connectivity index (χ4v) is 4.93. The SMILES string of the molecule is O=C(N[C@@H]1CCNC1)c1nc(-c2ccc(NCC3(c4ncccc4F)CCC3)nn2)cs1. The van der Waals surface area contributed by atoms with Crippen LogP contribution in [0.2, 0.25) is 0 Å². The number of amides is 1. The molecule has 1 saturated carbocycles. The van der Waals surface area contributed by atoms with E-state index in [9.17, 15) is 9.18 Å². The molecule has 8 nitrogen and oxygen atoms in total. The second-order valence-corrected chi connectivity index (χ2v) is 9.18. The molecule has 3 aromatic rings. The predicted octanol–water partition coefficient (Wildman–Crippen LogP) is 2.76. The first-order chi connectivity index (χ1) is 15.6. The van der Waals surface area contributed by atoms with Crippen LogP contribution in [0, 0.1) is 5.82 Å². The number of rotatable bonds is 7. The zero-order valence-electron chi connectivity index (χ0n) is 17.5. The standard InChI is InChI=1S/C22H24FN7OS/c23-15-3-1-9-25-19(15)22(7-2-8-22)13-26-18-5-4-16(29-30-18)17-12-32-21(28-17)20(31)27-14-6-10-24-11-14/h1,3-5,9,12,14,24H,2,6-8,10-11,13H2,(H,26,30)(H,27,31)/t14-/m1/s1. The van der Waals surface area contributed by atoms with Crippen molar-refractivity contribution in [2.24, 2.45) is 0 Å². The number of aromatic nitrogens is 4. The number of pyridine rings is 1. The van der Waals surface area contributed by atoms with Crippen molar-refractivity contribution in [1.29, 1.82) is 0 Å². The van der Waals surface area contributed by atoms with Crippen LogP contribution in [-0.4, -0.2) is 51.7 Å².